The number of nitrogens with zero attached hydrogens (tertiary/aromatic N) is 2. The summed E-state index contributed by atoms with van der Waals surface area (Å²) in [4.78, 5) is 63.4. The molecule has 0 aromatic heterocycles. The van der Waals surface area contributed by atoms with Crippen LogP contribution in [-0.4, -0.2) is 105 Å². The molecular formula is C19H31N5O8. The van der Waals surface area contributed by atoms with Crippen LogP contribution in [0.2, 0.25) is 0 Å². The van der Waals surface area contributed by atoms with E-state index in [1.165, 1.54) is 23.6 Å². The van der Waals surface area contributed by atoms with Crippen molar-refractivity contribution in [3.63, 3.8) is 0 Å². The predicted molar refractivity (Wildman–Crippen MR) is 109 cm³/mol. The van der Waals surface area contributed by atoms with Gasteiger partial charge in [-0.25, -0.2) is 4.79 Å². The van der Waals surface area contributed by atoms with Crippen LogP contribution in [0.25, 0.3) is 0 Å². The zero-order chi connectivity index (χ0) is 24.2. The number of aliphatic hydroxyl groups excluding tert-OH is 2. The number of carbonyl (C=O) groups is 5. The number of hydrogen-bond acceptors (Lipinski definition) is 7. The number of amides is 5. The van der Waals surface area contributed by atoms with Gasteiger partial charge in [-0.15, -0.1) is 0 Å². The Hall–Kier alpha value is -2.93. The molecule has 13 nitrogen and oxygen atoms in total. The summed E-state index contributed by atoms with van der Waals surface area (Å²) in [5.41, 5.74) is 5.21. The van der Waals surface area contributed by atoms with Gasteiger partial charge in [0.2, 0.25) is 23.6 Å². The fourth-order valence-corrected chi connectivity index (χ4v) is 4.10. The topological polar surface area (TPSA) is 203 Å². The molecule has 2 aliphatic heterocycles. The summed E-state index contributed by atoms with van der Waals surface area (Å²) in [5, 5.41) is 32.6. The lowest BCUT2D eigenvalue weighted by molar-refractivity contribution is -0.142. The lowest BCUT2D eigenvalue weighted by Gasteiger charge is -2.29. The number of likely N-dealkylation sites (tertiary alicyclic amines) is 2. The van der Waals surface area contributed by atoms with Crippen LogP contribution in [0.3, 0.4) is 0 Å². The van der Waals surface area contributed by atoms with E-state index in [9.17, 15) is 34.2 Å². The Morgan fingerprint density at radius 2 is 1.59 bits per heavy atom. The first-order valence-electron chi connectivity index (χ1n) is 10.5. The second-order valence-corrected chi connectivity index (χ2v) is 8.26. The highest BCUT2D eigenvalue weighted by molar-refractivity contribution is 5.93. The van der Waals surface area contributed by atoms with Crippen LogP contribution in [0.4, 0.5) is 4.79 Å². The molecule has 2 saturated heterocycles. The minimum absolute atomic E-state index is 0.0324. The van der Waals surface area contributed by atoms with Crippen LogP contribution in [0.15, 0.2) is 0 Å². The Kier molecular flexibility index (Phi) is 8.38. The van der Waals surface area contributed by atoms with Crippen molar-refractivity contribution in [2.75, 3.05) is 19.6 Å². The monoisotopic (exact) mass is 457 g/mol. The van der Waals surface area contributed by atoms with Gasteiger partial charge < -0.3 is 41.5 Å². The molecule has 0 spiro atoms. The van der Waals surface area contributed by atoms with Crippen molar-refractivity contribution in [1.29, 1.82) is 0 Å². The van der Waals surface area contributed by atoms with Gasteiger partial charge in [-0.3, -0.25) is 19.2 Å². The number of nitrogens with one attached hydrogen (secondary N) is 2. The summed E-state index contributed by atoms with van der Waals surface area (Å²) in [6, 6.07) is -3.46. The van der Waals surface area contributed by atoms with Crippen molar-refractivity contribution < 1.29 is 39.3 Å². The first-order chi connectivity index (χ1) is 14.9. The van der Waals surface area contributed by atoms with Crippen LogP contribution in [-0.2, 0) is 19.2 Å². The number of carbonyl (C=O) groups excluding carboxylic acids is 4. The quantitative estimate of drug-likeness (QED) is 0.224. The summed E-state index contributed by atoms with van der Waals surface area (Å²) < 4.78 is 0. The first-order valence-corrected chi connectivity index (χ1v) is 10.5. The normalized spacial score (nSPS) is 24.4. The van der Waals surface area contributed by atoms with Gasteiger partial charge in [-0.1, -0.05) is 0 Å². The van der Waals surface area contributed by atoms with Crippen LogP contribution in [0.1, 0.15) is 33.1 Å². The van der Waals surface area contributed by atoms with E-state index in [1.807, 2.05) is 5.32 Å². The van der Waals surface area contributed by atoms with E-state index in [0.717, 1.165) is 0 Å². The standard InChI is InChI=1S/C19H31N5O8/c1-9(25)13(15(20)27)21-16(28)12-4-3-6-24(12)17(29)11-5-7-23(8-11)18(30)14(10(2)26)22-19(31)32/h9-14,22,25-26H,3-8H2,1-2H3,(H2,20,27)(H,21,28)(H,31,32)/t9-,10-,11+,12+,13+,14+/m1/s1. The Morgan fingerprint density at radius 3 is 2.12 bits per heavy atom. The minimum Gasteiger partial charge on any atom is -0.465 e. The molecule has 2 heterocycles. The molecular weight excluding hydrogens is 426 g/mol. The number of nitrogens with two attached hydrogens (primary N) is 1. The summed E-state index contributed by atoms with van der Waals surface area (Å²) >= 11 is 0. The fraction of sp³-hybridized carbons (Fsp3) is 0.737. The molecule has 0 bridgehead atoms. The maximum Gasteiger partial charge on any atom is 0.405 e. The number of primary amides is 1. The van der Waals surface area contributed by atoms with Gasteiger partial charge in [0.15, 0.2) is 0 Å². The van der Waals surface area contributed by atoms with E-state index in [0.29, 0.717) is 25.8 Å². The number of aliphatic hydroxyl groups is 2. The van der Waals surface area contributed by atoms with Gasteiger partial charge in [-0.05, 0) is 33.1 Å². The van der Waals surface area contributed by atoms with E-state index in [2.05, 4.69) is 5.32 Å². The molecule has 0 aliphatic carbocycles. The second-order valence-electron chi connectivity index (χ2n) is 8.26. The third-order valence-corrected chi connectivity index (χ3v) is 5.80. The summed E-state index contributed by atoms with van der Waals surface area (Å²) in [6.07, 6.45) is -2.63. The minimum atomic E-state index is -1.45. The van der Waals surface area contributed by atoms with Crippen molar-refractivity contribution in [2.45, 2.75) is 63.4 Å². The molecule has 2 aliphatic rings. The van der Waals surface area contributed by atoms with E-state index in [-0.39, 0.29) is 19.0 Å². The van der Waals surface area contributed by atoms with Crippen molar-refractivity contribution in [3.8, 4) is 0 Å². The van der Waals surface area contributed by atoms with Crippen LogP contribution in [0.5, 0.6) is 0 Å². The third kappa shape index (κ3) is 5.85. The highest BCUT2D eigenvalue weighted by Crippen LogP contribution is 2.25. The zero-order valence-corrected chi connectivity index (χ0v) is 18.1. The molecule has 0 saturated carbocycles. The maximum absolute atomic E-state index is 13.1. The van der Waals surface area contributed by atoms with E-state index < -0.39 is 60.1 Å². The molecule has 32 heavy (non-hydrogen) atoms. The Balaban J connectivity index is 2.03. The highest BCUT2D eigenvalue weighted by Gasteiger charge is 2.42. The lowest BCUT2D eigenvalue weighted by Crippen LogP contribution is -2.56. The van der Waals surface area contributed by atoms with E-state index in [4.69, 9.17) is 10.8 Å². The molecule has 13 heteroatoms. The summed E-state index contributed by atoms with van der Waals surface area (Å²) in [7, 11) is 0. The van der Waals surface area contributed by atoms with Crippen molar-refractivity contribution in [3.05, 3.63) is 0 Å². The Labute approximate surface area is 184 Å². The van der Waals surface area contributed by atoms with Gasteiger partial charge in [0.1, 0.15) is 18.1 Å². The number of carboxylic acid groups (broad SMARTS) is 1. The largest absolute Gasteiger partial charge is 0.465 e. The Morgan fingerprint density at radius 1 is 0.969 bits per heavy atom. The smallest absolute Gasteiger partial charge is 0.405 e. The molecule has 180 valence electrons. The van der Waals surface area contributed by atoms with Crippen LogP contribution >= 0.6 is 0 Å². The lowest BCUT2D eigenvalue weighted by atomic mass is 10.1. The van der Waals surface area contributed by atoms with Crippen molar-refractivity contribution in [1.82, 2.24) is 20.4 Å². The molecule has 0 aromatic carbocycles. The average Bonchev–Trinajstić information content (AvgIpc) is 3.38. The molecule has 0 unspecified atom stereocenters. The predicted octanol–water partition coefficient (Wildman–Crippen LogP) is -2.81. The van der Waals surface area contributed by atoms with E-state index >= 15 is 0 Å². The van der Waals surface area contributed by atoms with Crippen molar-refractivity contribution >= 4 is 29.7 Å². The molecule has 5 amide bonds. The zero-order valence-electron chi connectivity index (χ0n) is 18.1. The van der Waals surface area contributed by atoms with Crippen LogP contribution < -0.4 is 16.4 Å². The SMILES string of the molecule is C[C@@H](O)[C@H](NC(=O)[C@@H]1CCCN1C(=O)[C@H]1CCN(C(=O)[C@@H](NC(=O)O)[C@@H](C)O)C1)C(N)=O. The summed E-state index contributed by atoms with van der Waals surface area (Å²) in [5.74, 6) is -3.03. The van der Waals surface area contributed by atoms with Crippen molar-refractivity contribution in [2.24, 2.45) is 11.7 Å². The van der Waals surface area contributed by atoms with Gasteiger partial charge >= 0.3 is 6.09 Å². The first kappa shape index (κ1) is 25.3. The van der Waals surface area contributed by atoms with Gasteiger partial charge in [0.25, 0.3) is 0 Å². The van der Waals surface area contributed by atoms with Gasteiger partial charge in [0, 0.05) is 19.6 Å². The van der Waals surface area contributed by atoms with Crippen LogP contribution in [0, 0.1) is 5.92 Å². The van der Waals surface area contributed by atoms with Gasteiger partial charge in [-0.2, -0.15) is 0 Å². The van der Waals surface area contributed by atoms with Gasteiger partial charge in [0.05, 0.1) is 18.1 Å². The van der Waals surface area contributed by atoms with E-state index in [1.54, 1.807) is 0 Å². The maximum atomic E-state index is 13.1. The molecule has 6 atom stereocenters. The molecule has 2 fully saturated rings. The third-order valence-electron chi connectivity index (χ3n) is 5.80. The molecule has 0 aromatic rings. The Bertz CT molecular complexity index is 758. The molecule has 2 rings (SSSR count). The fourth-order valence-electron chi connectivity index (χ4n) is 4.10. The molecule has 7 N–H and O–H groups in total. The molecule has 0 radical (unpaired) electrons. The summed E-state index contributed by atoms with van der Waals surface area (Å²) in [6.45, 7) is 3.17. The average molecular weight is 457 g/mol. The number of rotatable bonds is 8. The highest BCUT2D eigenvalue weighted by atomic mass is 16.4. The second kappa shape index (κ2) is 10.6. The number of hydrogen-bond donors (Lipinski definition) is 6.